The minimum Gasteiger partial charge on any atom is -0.293 e. The summed E-state index contributed by atoms with van der Waals surface area (Å²) in [5.74, 6) is 2.56. The van der Waals surface area contributed by atoms with Gasteiger partial charge in [0.1, 0.15) is 0 Å². The van der Waals surface area contributed by atoms with Gasteiger partial charge in [-0.3, -0.25) is 9.78 Å². The van der Waals surface area contributed by atoms with Gasteiger partial charge in [-0.2, -0.15) is 11.8 Å². The van der Waals surface area contributed by atoms with Crippen molar-refractivity contribution in [1.29, 1.82) is 0 Å². The summed E-state index contributed by atoms with van der Waals surface area (Å²) in [6, 6.07) is 0. The van der Waals surface area contributed by atoms with Gasteiger partial charge in [-0.05, 0) is 0 Å². The second kappa shape index (κ2) is 2.95. The van der Waals surface area contributed by atoms with Crippen LogP contribution in [-0.4, -0.2) is 22.3 Å². The third-order valence-corrected chi connectivity index (χ3v) is 3.75. The topological polar surface area (TPSA) is 30.0 Å². The number of carbonyl (C=O) groups is 1. The first-order valence-electron chi connectivity index (χ1n) is 3.38. The van der Waals surface area contributed by atoms with Crippen LogP contribution in [0.15, 0.2) is 11.7 Å². The van der Waals surface area contributed by atoms with Crippen LogP contribution in [-0.2, 0) is 0 Å². The highest BCUT2D eigenvalue weighted by Crippen LogP contribution is 2.28. The van der Waals surface area contributed by atoms with Gasteiger partial charge in [0.25, 0.3) is 0 Å². The Morgan fingerprint density at radius 3 is 2.91 bits per heavy atom. The van der Waals surface area contributed by atoms with Crippen LogP contribution in [0.25, 0.3) is 0 Å². The van der Waals surface area contributed by atoms with Crippen LogP contribution in [0.4, 0.5) is 0 Å². The molecule has 1 saturated heterocycles. The Kier molecular flexibility index (Phi) is 1.96. The third kappa shape index (κ3) is 1.32. The number of rotatable bonds is 2. The standard InChI is InChI=1S/C7H7NOS2/c9-7(5-2-10-3-5)6-1-8-4-11-6/h1,4-5H,2-3H2. The summed E-state index contributed by atoms with van der Waals surface area (Å²) in [6.45, 7) is 0. The average Bonchev–Trinajstić information content (AvgIpc) is 2.32. The first-order chi connectivity index (χ1) is 5.38. The first-order valence-corrected chi connectivity index (χ1v) is 5.42. The first kappa shape index (κ1) is 7.31. The Morgan fingerprint density at radius 2 is 2.45 bits per heavy atom. The Morgan fingerprint density at radius 1 is 1.64 bits per heavy atom. The lowest BCUT2D eigenvalue weighted by Gasteiger charge is -2.22. The minimum atomic E-state index is 0.278. The molecule has 1 aliphatic rings. The molecule has 0 aromatic carbocycles. The predicted molar refractivity (Wildman–Crippen MR) is 47.3 cm³/mol. The molecule has 58 valence electrons. The Labute approximate surface area is 73.0 Å². The Hall–Kier alpha value is -0.350. The summed E-state index contributed by atoms with van der Waals surface area (Å²) in [5.41, 5.74) is 1.71. The van der Waals surface area contributed by atoms with Crippen LogP contribution in [0.5, 0.6) is 0 Å². The second-order valence-electron chi connectivity index (χ2n) is 2.46. The SMILES string of the molecule is O=C(c1cncs1)C1CSC1. The van der Waals surface area contributed by atoms with E-state index >= 15 is 0 Å². The van der Waals surface area contributed by atoms with E-state index in [1.165, 1.54) is 11.3 Å². The zero-order chi connectivity index (χ0) is 7.68. The molecule has 0 N–H and O–H groups in total. The molecule has 0 saturated carbocycles. The van der Waals surface area contributed by atoms with E-state index in [1.807, 2.05) is 11.8 Å². The van der Waals surface area contributed by atoms with Crippen LogP contribution in [0.1, 0.15) is 9.67 Å². The lowest BCUT2D eigenvalue weighted by Crippen LogP contribution is -2.26. The molecule has 11 heavy (non-hydrogen) atoms. The predicted octanol–water partition coefficient (Wildman–Crippen LogP) is 1.69. The van der Waals surface area contributed by atoms with E-state index in [0.29, 0.717) is 0 Å². The van der Waals surface area contributed by atoms with Gasteiger partial charge in [-0.25, -0.2) is 0 Å². The van der Waals surface area contributed by atoms with Gasteiger partial charge < -0.3 is 0 Å². The molecule has 4 heteroatoms. The highest BCUT2D eigenvalue weighted by atomic mass is 32.2. The molecule has 0 atom stereocenters. The van der Waals surface area contributed by atoms with Gasteiger partial charge in [-0.15, -0.1) is 11.3 Å². The molecular formula is C7H7NOS2. The monoisotopic (exact) mass is 185 g/mol. The minimum absolute atomic E-state index is 0.278. The maximum atomic E-state index is 11.4. The molecule has 2 nitrogen and oxygen atoms in total. The number of thioether (sulfide) groups is 1. The molecule has 1 fully saturated rings. The van der Waals surface area contributed by atoms with E-state index in [4.69, 9.17) is 0 Å². The van der Waals surface area contributed by atoms with Crippen LogP contribution >= 0.6 is 23.1 Å². The number of thiazole rings is 1. The number of nitrogens with zero attached hydrogens (tertiary/aromatic N) is 1. The molecule has 0 bridgehead atoms. The molecular weight excluding hydrogens is 178 g/mol. The quantitative estimate of drug-likeness (QED) is 0.657. The van der Waals surface area contributed by atoms with Gasteiger partial charge >= 0.3 is 0 Å². The van der Waals surface area contributed by atoms with E-state index in [-0.39, 0.29) is 11.7 Å². The van der Waals surface area contributed by atoms with E-state index < -0.39 is 0 Å². The van der Waals surface area contributed by atoms with Gasteiger partial charge in [0.05, 0.1) is 10.4 Å². The van der Waals surface area contributed by atoms with Crippen molar-refractivity contribution in [3.05, 3.63) is 16.6 Å². The molecule has 1 aromatic rings. The maximum absolute atomic E-state index is 11.4. The fourth-order valence-corrected chi connectivity index (χ4v) is 2.34. The number of ketones is 1. The summed E-state index contributed by atoms with van der Waals surface area (Å²) in [6.07, 6.45) is 1.66. The van der Waals surface area contributed by atoms with Crippen molar-refractivity contribution in [2.75, 3.05) is 11.5 Å². The molecule has 0 spiro atoms. The molecule has 0 aliphatic carbocycles. The smallest absolute Gasteiger partial charge is 0.179 e. The lowest BCUT2D eigenvalue weighted by atomic mass is 10.1. The normalized spacial score (nSPS) is 17.8. The van der Waals surface area contributed by atoms with Crippen LogP contribution < -0.4 is 0 Å². The molecule has 0 radical (unpaired) electrons. The van der Waals surface area contributed by atoms with Crippen molar-refractivity contribution in [3.63, 3.8) is 0 Å². The van der Waals surface area contributed by atoms with Crippen LogP contribution in [0.2, 0.25) is 0 Å². The van der Waals surface area contributed by atoms with E-state index in [1.54, 1.807) is 11.7 Å². The van der Waals surface area contributed by atoms with Gasteiger partial charge in [0.15, 0.2) is 5.78 Å². The maximum Gasteiger partial charge on any atom is 0.179 e. The second-order valence-corrected chi connectivity index (χ2v) is 4.43. The van der Waals surface area contributed by atoms with Crippen molar-refractivity contribution in [2.24, 2.45) is 5.92 Å². The molecule has 2 rings (SSSR count). The summed E-state index contributed by atoms with van der Waals surface area (Å²) in [4.78, 5) is 16.1. The molecule has 1 aromatic heterocycles. The highest BCUT2D eigenvalue weighted by molar-refractivity contribution is 8.00. The highest BCUT2D eigenvalue weighted by Gasteiger charge is 2.27. The van der Waals surface area contributed by atoms with Crippen LogP contribution in [0.3, 0.4) is 0 Å². The number of aromatic nitrogens is 1. The summed E-state index contributed by atoms with van der Waals surface area (Å²) < 4.78 is 0. The van der Waals surface area contributed by atoms with Crippen LogP contribution in [0, 0.1) is 5.92 Å². The largest absolute Gasteiger partial charge is 0.293 e. The molecule has 0 unspecified atom stereocenters. The summed E-state index contributed by atoms with van der Waals surface area (Å²) in [7, 11) is 0. The number of hydrogen-bond acceptors (Lipinski definition) is 4. The zero-order valence-electron chi connectivity index (χ0n) is 5.82. The Balaban J connectivity index is 2.10. The van der Waals surface area contributed by atoms with Gasteiger partial charge in [0, 0.05) is 23.6 Å². The summed E-state index contributed by atoms with van der Waals surface area (Å²) in [5, 5.41) is 0. The van der Waals surface area contributed by atoms with Gasteiger partial charge in [0.2, 0.25) is 0 Å². The average molecular weight is 185 g/mol. The van der Waals surface area contributed by atoms with Crippen molar-refractivity contribution in [2.45, 2.75) is 0 Å². The zero-order valence-corrected chi connectivity index (χ0v) is 7.45. The fourth-order valence-electron chi connectivity index (χ4n) is 0.926. The van der Waals surface area contributed by atoms with E-state index in [2.05, 4.69) is 4.98 Å². The Bertz CT molecular complexity index is 253. The fraction of sp³-hybridized carbons (Fsp3) is 0.429. The number of Topliss-reactive ketones (excluding diaryl/α,β-unsaturated/α-hetero) is 1. The van der Waals surface area contributed by atoms with E-state index in [0.717, 1.165) is 16.4 Å². The molecule has 0 amide bonds. The van der Waals surface area contributed by atoms with Crippen molar-refractivity contribution in [3.8, 4) is 0 Å². The van der Waals surface area contributed by atoms with Crippen molar-refractivity contribution < 1.29 is 4.79 Å². The van der Waals surface area contributed by atoms with Crippen molar-refractivity contribution >= 4 is 28.9 Å². The number of carbonyl (C=O) groups excluding carboxylic acids is 1. The molecule has 1 aliphatic heterocycles. The third-order valence-electron chi connectivity index (χ3n) is 1.68. The molecule has 2 heterocycles. The summed E-state index contributed by atoms with van der Waals surface area (Å²) >= 11 is 3.27. The number of hydrogen-bond donors (Lipinski definition) is 0. The lowest BCUT2D eigenvalue weighted by molar-refractivity contribution is 0.0943. The van der Waals surface area contributed by atoms with Gasteiger partial charge in [-0.1, -0.05) is 0 Å². The van der Waals surface area contributed by atoms with Crippen molar-refractivity contribution in [1.82, 2.24) is 4.98 Å². The van der Waals surface area contributed by atoms with E-state index in [9.17, 15) is 4.79 Å².